The first-order chi connectivity index (χ1) is 19.1. The van der Waals surface area contributed by atoms with Crippen molar-refractivity contribution in [1.29, 1.82) is 0 Å². The number of anilines is 2. The van der Waals surface area contributed by atoms with E-state index >= 15 is 0 Å². The van der Waals surface area contributed by atoms with Gasteiger partial charge in [-0.05, 0) is 31.2 Å². The second-order valence-corrected chi connectivity index (χ2v) is 8.74. The van der Waals surface area contributed by atoms with Crippen LogP contribution in [0.25, 0.3) is 34.0 Å². The van der Waals surface area contributed by atoms with E-state index in [1.165, 1.54) is 32.5 Å². The van der Waals surface area contributed by atoms with E-state index in [4.69, 9.17) is 15.2 Å². The summed E-state index contributed by atoms with van der Waals surface area (Å²) in [6.07, 6.45) is -1.40. The normalized spacial score (nSPS) is 12.2. The third-order valence-corrected chi connectivity index (χ3v) is 5.73. The van der Waals surface area contributed by atoms with E-state index in [1.54, 1.807) is 18.3 Å². The van der Waals surface area contributed by atoms with Crippen molar-refractivity contribution < 1.29 is 27.4 Å². The molecule has 3 heterocycles. The lowest BCUT2D eigenvalue weighted by Gasteiger charge is -2.14. The summed E-state index contributed by atoms with van der Waals surface area (Å²) >= 11 is 0. The zero-order valence-corrected chi connectivity index (χ0v) is 21.8. The number of carbonyl (C=O) groups excluding carboxylic acids is 1. The highest BCUT2D eigenvalue weighted by atomic mass is 19.4. The number of ether oxygens (including phenoxy) is 2. The number of aromatic amines is 1. The number of hydrogen-bond acceptors (Lipinski definition) is 9. The van der Waals surface area contributed by atoms with E-state index in [0.717, 1.165) is 12.1 Å². The number of halogens is 3. The first-order valence-electron chi connectivity index (χ1n) is 12.0. The van der Waals surface area contributed by atoms with Crippen molar-refractivity contribution in [3.63, 3.8) is 0 Å². The molecule has 0 fully saturated rings. The molecule has 0 unspecified atom stereocenters. The highest BCUT2D eigenvalue weighted by molar-refractivity contribution is 5.81. The minimum Gasteiger partial charge on any atom is -0.493 e. The summed E-state index contributed by atoms with van der Waals surface area (Å²) in [7, 11) is 2.89. The Bertz CT molecular complexity index is 1480. The molecular formula is C26H27F3N8O3. The van der Waals surface area contributed by atoms with Gasteiger partial charge in [0.15, 0.2) is 11.6 Å². The van der Waals surface area contributed by atoms with Gasteiger partial charge >= 0.3 is 6.18 Å². The molecule has 11 nitrogen and oxygen atoms in total. The van der Waals surface area contributed by atoms with Crippen LogP contribution in [0.5, 0.6) is 5.75 Å². The Balaban J connectivity index is 1.69. The van der Waals surface area contributed by atoms with E-state index in [-0.39, 0.29) is 30.3 Å². The SMILES string of the molecule is COCC(=O)N[C@@H](C)CNc1nccc(-c2[nH]c(-c3ccc(C(F)(F)F)cc3)nc2-c2cnc(N)c(OC)c2)n1. The molecule has 5 N–H and O–H groups in total. The highest BCUT2D eigenvalue weighted by Crippen LogP contribution is 2.36. The Labute approximate surface area is 227 Å². The lowest BCUT2D eigenvalue weighted by molar-refractivity contribution is -0.137. The Morgan fingerprint density at radius 1 is 1.10 bits per heavy atom. The molecule has 210 valence electrons. The maximum atomic E-state index is 13.1. The number of hydrogen-bond donors (Lipinski definition) is 4. The number of pyridine rings is 1. The van der Waals surface area contributed by atoms with Gasteiger partial charge in [-0.3, -0.25) is 4.79 Å². The quantitative estimate of drug-likeness (QED) is 0.229. The average Bonchev–Trinajstić information content (AvgIpc) is 3.38. The molecule has 4 aromatic rings. The predicted octanol–water partition coefficient (Wildman–Crippen LogP) is 3.77. The summed E-state index contributed by atoms with van der Waals surface area (Å²) in [6, 6.07) is 7.73. The van der Waals surface area contributed by atoms with Gasteiger partial charge in [-0.25, -0.2) is 19.9 Å². The van der Waals surface area contributed by atoms with E-state index in [2.05, 4.69) is 35.6 Å². The Morgan fingerprint density at radius 3 is 2.52 bits per heavy atom. The number of nitrogen functional groups attached to an aromatic ring is 1. The molecule has 4 rings (SSSR count). The first kappa shape index (κ1) is 28.3. The highest BCUT2D eigenvalue weighted by Gasteiger charge is 2.30. The maximum absolute atomic E-state index is 13.1. The summed E-state index contributed by atoms with van der Waals surface area (Å²) in [5.74, 6) is 0.868. The first-order valence-corrected chi connectivity index (χ1v) is 12.0. The molecule has 40 heavy (non-hydrogen) atoms. The molecule has 0 saturated carbocycles. The van der Waals surface area contributed by atoms with Gasteiger partial charge in [0.05, 0.1) is 24.1 Å². The van der Waals surface area contributed by atoms with Crippen LogP contribution in [-0.2, 0) is 15.7 Å². The largest absolute Gasteiger partial charge is 0.493 e. The van der Waals surface area contributed by atoms with Gasteiger partial charge in [-0.1, -0.05) is 12.1 Å². The van der Waals surface area contributed by atoms with E-state index in [9.17, 15) is 18.0 Å². The summed E-state index contributed by atoms with van der Waals surface area (Å²) in [5.41, 5.74) is 7.42. The summed E-state index contributed by atoms with van der Waals surface area (Å²) < 4.78 is 49.4. The topological polar surface area (TPSA) is 153 Å². The van der Waals surface area contributed by atoms with Crippen molar-refractivity contribution in [2.24, 2.45) is 0 Å². The molecule has 0 spiro atoms. The number of benzene rings is 1. The molecule has 0 saturated heterocycles. The van der Waals surface area contributed by atoms with Crippen LogP contribution in [0.3, 0.4) is 0 Å². The fourth-order valence-corrected chi connectivity index (χ4v) is 3.80. The molecule has 1 amide bonds. The molecule has 0 radical (unpaired) electrons. The second-order valence-electron chi connectivity index (χ2n) is 8.74. The van der Waals surface area contributed by atoms with Gasteiger partial charge in [0.25, 0.3) is 0 Å². The average molecular weight is 557 g/mol. The number of nitrogens with two attached hydrogens (primary N) is 1. The summed E-state index contributed by atoms with van der Waals surface area (Å²) in [5, 5.41) is 5.86. The fourth-order valence-electron chi connectivity index (χ4n) is 3.80. The van der Waals surface area contributed by atoms with E-state index in [1.807, 2.05) is 6.92 Å². The number of aromatic nitrogens is 5. The van der Waals surface area contributed by atoms with Crippen molar-refractivity contribution in [3.05, 3.63) is 54.4 Å². The maximum Gasteiger partial charge on any atom is 0.416 e. The van der Waals surface area contributed by atoms with Crippen LogP contribution in [0.15, 0.2) is 48.8 Å². The fraction of sp³-hybridized carbons (Fsp3) is 0.269. The minimum absolute atomic E-state index is 0.0506. The number of nitrogens with zero attached hydrogens (tertiary/aromatic N) is 4. The van der Waals surface area contributed by atoms with Gasteiger partial charge in [-0.2, -0.15) is 13.2 Å². The van der Waals surface area contributed by atoms with Gasteiger partial charge in [0.2, 0.25) is 11.9 Å². The zero-order valence-electron chi connectivity index (χ0n) is 21.8. The molecule has 0 bridgehead atoms. The Hall–Kier alpha value is -4.72. The third-order valence-electron chi connectivity index (χ3n) is 5.73. The minimum atomic E-state index is -4.46. The van der Waals surface area contributed by atoms with Crippen LogP contribution in [-0.4, -0.2) is 64.2 Å². The Kier molecular flexibility index (Phi) is 8.48. The zero-order chi connectivity index (χ0) is 28.9. The number of carbonyl (C=O) groups is 1. The molecule has 3 aromatic heterocycles. The molecule has 1 aromatic carbocycles. The lowest BCUT2D eigenvalue weighted by atomic mass is 10.1. The van der Waals surface area contributed by atoms with Crippen LogP contribution in [0.4, 0.5) is 24.9 Å². The van der Waals surface area contributed by atoms with Crippen molar-refractivity contribution in [2.45, 2.75) is 19.1 Å². The molecule has 14 heteroatoms. The monoisotopic (exact) mass is 556 g/mol. The van der Waals surface area contributed by atoms with Gasteiger partial charge < -0.3 is 30.8 Å². The number of amides is 1. The van der Waals surface area contributed by atoms with Crippen LogP contribution >= 0.6 is 0 Å². The van der Waals surface area contributed by atoms with Crippen molar-refractivity contribution >= 4 is 17.7 Å². The summed E-state index contributed by atoms with van der Waals surface area (Å²) in [6.45, 7) is 2.10. The van der Waals surface area contributed by atoms with Crippen molar-refractivity contribution in [3.8, 4) is 39.8 Å². The molecule has 0 aliphatic rings. The van der Waals surface area contributed by atoms with Crippen molar-refractivity contribution in [2.75, 3.05) is 38.4 Å². The van der Waals surface area contributed by atoms with Crippen LogP contribution < -0.4 is 21.1 Å². The smallest absolute Gasteiger partial charge is 0.416 e. The van der Waals surface area contributed by atoms with Gasteiger partial charge in [0.1, 0.15) is 18.1 Å². The second kappa shape index (κ2) is 12.0. The van der Waals surface area contributed by atoms with Gasteiger partial charge in [0, 0.05) is 43.2 Å². The molecular weight excluding hydrogens is 529 g/mol. The van der Waals surface area contributed by atoms with Crippen LogP contribution in [0, 0.1) is 0 Å². The Morgan fingerprint density at radius 2 is 1.85 bits per heavy atom. The number of alkyl halides is 3. The third kappa shape index (κ3) is 6.64. The number of imidazole rings is 1. The van der Waals surface area contributed by atoms with Crippen LogP contribution in [0.1, 0.15) is 12.5 Å². The standard InChI is InChI=1S/C26H27F3N8O3/c1-14(34-20(38)13-39-2)11-33-25-31-9-8-18(35-25)22-21(16-10-19(40-3)23(30)32-12-16)36-24(37-22)15-4-6-17(7-5-15)26(27,28)29/h4-10,12,14H,11,13H2,1-3H3,(H2,30,32)(H,34,38)(H,36,37)(H,31,33,35)/t14-/m0/s1. The van der Waals surface area contributed by atoms with E-state index in [0.29, 0.717) is 46.3 Å². The molecule has 0 aliphatic heterocycles. The predicted molar refractivity (Wildman–Crippen MR) is 142 cm³/mol. The van der Waals surface area contributed by atoms with Crippen LogP contribution in [0.2, 0.25) is 0 Å². The molecule has 1 atom stereocenters. The van der Waals surface area contributed by atoms with E-state index < -0.39 is 11.7 Å². The number of rotatable bonds is 10. The number of nitrogens with one attached hydrogen (secondary N) is 3. The number of methoxy groups -OCH3 is 2. The summed E-state index contributed by atoms with van der Waals surface area (Å²) in [4.78, 5) is 32.6. The van der Waals surface area contributed by atoms with Crippen molar-refractivity contribution in [1.82, 2.24) is 30.2 Å². The molecule has 0 aliphatic carbocycles. The number of H-pyrrole nitrogens is 1. The van der Waals surface area contributed by atoms with Gasteiger partial charge in [-0.15, -0.1) is 0 Å². The lowest BCUT2D eigenvalue weighted by Crippen LogP contribution is -2.39.